The fourth-order valence-corrected chi connectivity index (χ4v) is 1.65. The van der Waals surface area contributed by atoms with E-state index < -0.39 is 0 Å². The number of nitriles is 2. The zero-order valence-electron chi connectivity index (χ0n) is 11.0. The van der Waals surface area contributed by atoms with Gasteiger partial charge in [0.15, 0.2) is 0 Å². The van der Waals surface area contributed by atoms with Crippen LogP contribution in [0.4, 0.5) is 0 Å². The molecule has 1 aromatic rings. The first-order chi connectivity index (χ1) is 9.76. The molecule has 104 valence electrons. The Kier molecular flexibility index (Phi) is 7.33. The summed E-state index contributed by atoms with van der Waals surface area (Å²) in [5, 5.41) is 15.2. The minimum absolute atomic E-state index is 0.331. The molecule has 1 aromatic carbocycles. The van der Waals surface area contributed by atoms with Gasteiger partial charge in [-0.1, -0.05) is 30.3 Å². The van der Waals surface area contributed by atoms with Crippen LogP contribution in [0.1, 0.15) is 5.56 Å². The van der Waals surface area contributed by atoms with Gasteiger partial charge in [0.1, 0.15) is 0 Å². The summed E-state index contributed by atoms with van der Waals surface area (Å²) >= 11 is 0.331. The van der Waals surface area contributed by atoms with Crippen LogP contribution in [-0.2, 0) is 14.9 Å². The number of nitrogens with zero attached hydrogens (tertiary/aromatic N) is 4. The predicted octanol–water partition coefficient (Wildman–Crippen LogP) is 2.41. The van der Waals surface area contributed by atoms with Crippen LogP contribution in [0.5, 0.6) is 0 Å². The number of rotatable bonds is 4. The molecular formula is C13H14N4O2S. The van der Waals surface area contributed by atoms with E-state index in [0.29, 0.717) is 12.3 Å². The molecule has 0 bridgehead atoms. The van der Waals surface area contributed by atoms with E-state index in [9.17, 15) is 0 Å². The van der Waals surface area contributed by atoms with Gasteiger partial charge in [0.05, 0.1) is 6.67 Å². The zero-order chi connectivity index (χ0) is 14.6. The largest absolute Gasteiger partial charge is 0.362 e. The van der Waals surface area contributed by atoms with Gasteiger partial charge >= 0.3 is 24.8 Å². The van der Waals surface area contributed by atoms with E-state index in [0.717, 1.165) is 13.2 Å². The van der Waals surface area contributed by atoms with Crippen LogP contribution >= 0.6 is 12.3 Å². The Morgan fingerprint density at radius 3 is 2.30 bits per heavy atom. The van der Waals surface area contributed by atoms with Crippen molar-refractivity contribution in [2.45, 2.75) is 6.54 Å². The molecule has 20 heavy (non-hydrogen) atoms. The molecule has 0 aliphatic carbocycles. The minimum Gasteiger partial charge on any atom is -0.362 e. The maximum absolute atomic E-state index is 7.61. The molecule has 0 spiro atoms. The van der Waals surface area contributed by atoms with Crippen molar-refractivity contribution >= 4 is 12.3 Å². The molecule has 0 radical (unpaired) electrons. The van der Waals surface area contributed by atoms with Gasteiger partial charge < -0.3 is 18.2 Å². The van der Waals surface area contributed by atoms with Crippen LogP contribution in [-0.4, -0.2) is 23.5 Å². The van der Waals surface area contributed by atoms with Gasteiger partial charge in [-0.2, -0.15) is 0 Å². The van der Waals surface area contributed by atoms with E-state index in [1.165, 1.54) is 18.1 Å². The molecule has 0 atom stereocenters. The molecule has 1 aliphatic rings. The number of hydrogen-bond donors (Lipinski definition) is 0. The second-order valence-electron chi connectivity index (χ2n) is 3.85. The summed E-state index contributed by atoms with van der Waals surface area (Å²) in [7, 11) is 2.08. The summed E-state index contributed by atoms with van der Waals surface area (Å²) < 4.78 is 7.70. The van der Waals surface area contributed by atoms with Gasteiger partial charge in [-0.15, -0.1) is 10.5 Å². The summed E-state index contributed by atoms with van der Waals surface area (Å²) in [5.74, 6) is 0. The Hall–Kier alpha value is -2.51. The lowest BCUT2D eigenvalue weighted by molar-refractivity contribution is 0.291. The van der Waals surface area contributed by atoms with Crippen LogP contribution in [0.2, 0.25) is 0 Å². The van der Waals surface area contributed by atoms with Crippen LogP contribution in [0.15, 0.2) is 42.7 Å². The van der Waals surface area contributed by atoms with Gasteiger partial charge in [-0.25, -0.2) is 0 Å². The smallest absolute Gasteiger partial charge is 0.316 e. The topological polar surface area (TPSA) is 72.5 Å². The third kappa shape index (κ3) is 6.43. The van der Waals surface area contributed by atoms with Crippen molar-refractivity contribution in [2.24, 2.45) is 0 Å². The third-order valence-electron chi connectivity index (χ3n) is 2.31. The Labute approximate surface area is 122 Å². The second-order valence-corrected chi connectivity index (χ2v) is 4.32. The molecule has 1 aliphatic heterocycles. The Morgan fingerprint density at radius 2 is 1.80 bits per heavy atom. The molecular weight excluding hydrogens is 276 g/mol. The van der Waals surface area contributed by atoms with Crippen molar-refractivity contribution in [1.29, 1.82) is 10.5 Å². The molecule has 2 rings (SSSR count). The maximum Gasteiger partial charge on any atom is 0.316 e. The minimum atomic E-state index is 0.331. The van der Waals surface area contributed by atoms with Gasteiger partial charge in [-0.05, 0) is 5.56 Å². The first-order valence-corrected chi connectivity index (χ1v) is 6.37. The molecule has 1 heterocycles. The van der Waals surface area contributed by atoms with Crippen molar-refractivity contribution in [3.63, 3.8) is 0 Å². The van der Waals surface area contributed by atoms with Gasteiger partial charge in [-0.3, -0.25) is 0 Å². The highest BCUT2D eigenvalue weighted by molar-refractivity contribution is 7.90. The fraction of sp³-hybridized carbons (Fsp3) is 0.231. The van der Waals surface area contributed by atoms with Crippen molar-refractivity contribution < 1.29 is 8.37 Å². The van der Waals surface area contributed by atoms with Crippen LogP contribution in [0, 0.1) is 23.0 Å². The van der Waals surface area contributed by atoms with Crippen LogP contribution < -0.4 is 0 Å². The first kappa shape index (κ1) is 15.5. The standard InChI is InChI=1S/C11H14N2.C2N2O2S/c1-12-7-8-13(10-12)9-11-5-3-2-4-6-11;3-1-5-7-6-2-4/h2-8H,9-10H2,1H3;. The van der Waals surface area contributed by atoms with Crippen molar-refractivity contribution in [3.8, 4) is 12.5 Å². The Balaban J connectivity index is 0.000000246. The average molecular weight is 290 g/mol. The van der Waals surface area contributed by atoms with Gasteiger partial charge in [0.25, 0.3) is 0 Å². The average Bonchev–Trinajstić information content (AvgIpc) is 2.87. The lowest BCUT2D eigenvalue weighted by atomic mass is 10.2. The molecule has 0 saturated heterocycles. The normalized spacial score (nSPS) is 11.9. The lowest BCUT2D eigenvalue weighted by Gasteiger charge is -2.17. The molecule has 6 nitrogen and oxygen atoms in total. The third-order valence-corrected chi connectivity index (χ3v) is 2.59. The number of hydrogen-bond acceptors (Lipinski definition) is 7. The van der Waals surface area contributed by atoms with Crippen LogP contribution in [0.25, 0.3) is 0 Å². The summed E-state index contributed by atoms with van der Waals surface area (Å²) in [6.07, 6.45) is 6.81. The molecule has 0 N–H and O–H groups in total. The molecule has 0 aromatic heterocycles. The van der Waals surface area contributed by atoms with E-state index in [4.69, 9.17) is 10.5 Å². The van der Waals surface area contributed by atoms with Crippen molar-refractivity contribution in [1.82, 2.24) is 9.80 Å². The highest BCUT2D eigenvalue weighted by atomic mass is 32.2. The lowest BCUT2D eigenvalue weighted by Crippen LogP contribution is -2.21. The Morgan fingerprint density at radius 1 is 1.15 bits per heavy atom. The summed E-state index contributed by atoms with van der Waals surface area (Å²) in [6, 6.07) is 10.5. The van der Waals surface area contributed by atoms with E-state index in [-0.39, 0.29) is 0 Å². The highest BCUT2D eigenvalue weighted by Gasteiger charge is 2.07. The first-order valence-electron chi connectivity index (χ1n) is 5.70. The van der Waals surface area contributed by atoms with Crippen molar-refractivity contribution in [3.05, 3.63) is 48.3 Å². The second kappa shape index (κ2) is 9.42. The fourth-order valence-electron chi connectivity index (χ4n) is 1.56. The number of benzene rings is 1. The summed E-state index contributed by atoms with van der Waals surface area (Å²) in [4.78, 5) is 4.46. The molecule has 7 heteroatoms. The SMILES string of the molecule is CN1C=CN(Cc2ccccc2)C1.N#COSOC#N. The van der Waals surface area contributed by atoms with Gasteiger partial charge in [0, 0.05) is 26.0 Å². The molecule has 0 fully saturated rings. The van der Waals surface area contributed by atoms with E-state index >= 15 is 0 Å². The maximum atomic E-state index is 7.61. The molecule has 0 unspecified atom stereocenters. The summed E-state index contributed by atoms with van der Waals surface area (Å²) in [5.41, 5.74) is 1.36. The van der Waals surface area contributed by atoms with Gasteiger partial charge in [0.2, 0.25) is 0 Å². The summed E-state index contributed by atoms with van der Waals surface area (Å²) in [6.45, 7) is 2.00. The van der Waals surface area contributed by atoms with E-state index in [1.54, 1.807) is 0 Å². The van der Waals surface area contributed by atoms with E-state index in [2.05, 4.69) is 67.9 Å². The van der Waals surface area contributed by atoms with Crippen LogP contribution in [0.3, 0.4) is 0 Å². The highest BCUT2D eigenvalue weighted by Crippen LogP contribution is 2.09. The monoisotopic (exact) mass is 290 g/mol. The molecule has 0 amide bonds. The zero-order valence-corrected chi connectivity index (χ0v) is 11.8. The predicted molar refractivity (Wildman–Crippen MR) is 74.7 cm³/mol. The molecule has 0 saturated carbocycles. The van der Waals surface area contributed by atoms with Crippen molar-refractivity contribution in [2.75, 3.05) is 13.7 Å². The van der Waals surface area contributed by atoms with E-state index in [1.807, 2.05) is 0 Å². The quantitative estimate of drug-likeness (QED) is 0.479. The Bertz CT molecular complexity index is 481.